The SMILES string of the molecule is COc1ccc2c(C(=O)c3ccc(OCCC4CCCCN4)cc3)c(-c3ccc(OCc4ccccc4)cc3OCc3ccccc3)ccc2c1. The summed E-state index contributed by atoms with van der Waals surface area (Å²) in [6.07, 6.45) is 4.67. The first-order valence-electron chi connectivity index (χ1n) is 17.7. The molecular formula is C45H43NO5. The minimum absolute atomic E-state index is 0.0860. The summed E-state index contributed by atoms with van der Waals surface area (Å²) in [4.78, 5) is 14.6. The van der Waals surface area contributed by atoms with Crippen LogP contribution in [0.25, 0.3) is 21.9 Å². The van der Waals surface area contributed by atoms with Gasteiger partial charge in [0.25, 0.3) is 0 Å². The van der Waals surface area contributed by atoms with Crippen LogP contribution in [0.2, 0.25) is 0 Å². The number of carbonyl (C=O) groups is 1. The van der Waals surface area contributed by atoms with E-state index in [1.165, 1.54) is 19.3 Å². The van der Waals surface area contributed by atoms with E-state index >= 15 is 0 Å². The van der Waals surface area contributed by atoms with Gasteiger partial charge in [-0.25, -0.2) is 0 Å². The molecule has 0 spiro atoms. The molecule has 1 aliphatic heterocycles. The summed E-state index contributed by atoms with van der Waals surface area (Å²) < 4.78 is 24.4. The number of ketones is 1. The lowest BCUT2D eigenvalue weighted by atomic mass is 9.89. The zero-order valence-electron chi connectivity index (χ0n) is 29.0. The Morgan fingerprint density at radius 3 is 2.06 bits per heavy atom. The smallest absolute Gasteiger partial charge is 0.194 e. The second-order valence-corrected chi connectivity index (χ2v) is 12.9. The second kappa shape index (κ2) is 16.4. The summed E-state index contributed by atoms with van der Waals surface area (Å²) in [5, 5.41) is 5.32. The van der Waals surface area contributed by atoms with Gasteiger partial charge < -0.3 is 24.3 Å². The molecule has 1 heterocycles. The van der Waals surface area contributed by atoms with Crippen molar-refractivity contribution in [2.24, 2.45) is 0 Å². The zero-order valence-corrected chi connectivity index (χ0v) is 29.0. The highest BCUT2D eigenvalue weighted by molar-refractivity contribution is 6.20. The highest BCUT2D eigenvalue weighted by atomic mass is 16.5. The molecule has 0 amide bonds. The van der Waals surface area contributed by atoms with Gasteiger partial charge in [-0.3, -0.25) is 4.79 Å². The van der Waals surface area contributed by atoms with Gasteiger partial charge >= 0.3 is 0 Å². The third-order valence-electron chi connectivity index (χ3n) is 9.45. The first-order valence-corrected chi connectivity index (χ1v) is 17.7. The van der Waals surface area contributed by atoms with Crippen molar-refractivity contribution in [2.45, 2.75) is 44.9 Å². The van der Waals surface area contributed by atoms with Crippen LogP contribution in [0.15, 0.2) is 133 Å². The average molecular weight is 678 g/mol. The van der Waals surface area contributed by atoms with Crippen LogP contribution in [0.5, 0.6) is 23.0 Å². The van der Waals surface area contributed by atoms with Crippen LogP contribution in [-0.2, 0) is 13.2 Å². The van der Waals surface area contributed by atoms with Crippen molar-refractivity contribution in [1.29, 1.82) is 0 Å². The van der Waals surface area contributed by atoms with E-state index in [4.69, 9.17) is 18.9 Å². The molecule has 0 aromatic heterocycles. The molecule has 6 heteroatoms. The summed E-state index contributed by atoms with van der Waals surface area (Å²) in [7, 11) is 1.65. The fourth-order valence-electron chi connectivity index (χ4n) is 6.65. The number of fused-ring (bicyclic) bond motifs is 1. The van der Waals surface area contributed by atoms with Crippen molar-refractivity contribution in [3.05, 3.63) is 156 Å². The van der Waals surface area contributed by atoms with Crippen LogP contribution in [0.3, 0.4) is 0 Å². The predicted molar refractivity (Wildman–Crippen MR) is 203 cm³/mol. The predicted octanol–water partition coefficient (Wildman–Crippen LogP) is 9.82. The number of hydrogen-bond acceptors (Lipinski definition) is 6. The number of piperidine rings is 1. The molecule has 51 heavy (non-hydrogen) atoms. The zero-order chi connectivity index (χ0) is 34.8. The molecule has 0 radical (unpaired) electrons. The van der Waals surface area contributed by atoms with E-state index in [-0.39, 0.29) is 5.78 Å². The van der Waals surface area contributed by atoms with Crippen LogP contribution in [0.1, 0.15) is 52.7 Å². The number of carbonyl (C=O) groups excluding carboxylic acids is 1. The maximum atomic E-state index is 14.6. The molecule has 6 aromatic rings. The van der Waals surface area contributed by atoms with Crippen LogP contribution in [0, 0.1) is 0 Å². The number of benzene rings is 6. The molecule has 0 bridgehead atoms. The third-order valence-corrected chi connectivity index (χ3v) is 9.45. The van der Waals surface area contributed by atoms with Crippen LogP contribution in [-0.4, -0.2) is 32.1 Å². The second-order valence-electron chi connectivity index (χ2n) is 12.9. The molecular weight excluding hydrogens is 634 g/mol. The van der Waals surface area contributed by atoms with E-state index in [0.29, 0.717) is 48.5 Å². The lowest BCUT2D eigenvalue weighted by Gasteiger charge is -2.23. The molecule has 1 aliphatic rings. The van der Waals surface area contributed by atoms with Crippen molar-refractivity contribution in [3.63, 3.8) is 0 Å². The quantitative estimate of drug-likeness (QED) is 0.116. The number of methoxy groups -OCH3 is 1. The van der Waals surface area contributed by atoms with Gasteiger partial charge in [0.2, 0.25) is 0 Å². The standard InChI is InChI=1S/C45H43NO5/c1-48-38-20-23-40-35(28-38)17-22-42(44(40)45(47)34-15-18-37(19-16-34)49-27-25-36-14-8-9-26-46-36)41-24-21-39(50-30-32-10-4-2-5-11-32)29-43(41)51-31-33-12-6-3-7-13-33/h2-7,10-13,15-24,28-29,36,46H,8-9,14,25-27,30-31H2,1H3. The van der Waals surface area contributed by atoms with Crippen molar-refractivity contribution in [2.75, 3.05) is 20.3 Å². The van der Waals surface area contributed by atoms with Crippen molar-refractivity contribution in [3.8, 4) is 34.1 Å². The van der Waals surface area contributed by atoms with Crippen molar-refractivity contribution >= 4 is 16.6 Å². The number of hydrogen-bond donors (Lipinski definition) is 1. The largest absolute Gasteiger partial charge is 0.497 e. The fraction of sp³-hybridized carbons (Fsp3) is 0.222. The summed E-state index contributed by atoms with van der Waals surface area (Å²) in [5.41, 5.74) is 4.86. The third kappa shape index (κ3) is 8.42. The van der Waals surface area contributed by atoms with Crippen molar-refractivity contribution in [1.82, 2.24) is 5.32 Å². The Bertz CT molecular complexity index is 2060. The van der Waals surface area contributed by atoms with E-state index in [9.17, 15) is 4.79 Å². The monoisotopic (exact) mass is 677 g/mol. The molecule has 1 atom stereocenters. The normalized spacial score (nSPS) is 14.2. The Hall–Kier alpha value is -5.59. The molecule has 1 unspecified atom stereocenters. The number of ether oxygens (including phenoxy) is 4. The molecule has 0 aliphatic carbocycles. The molecule has 258 valence electrons. The molecule has 6 nitrogen and oxygen atoms in total. The summed E-state index contributed by atoms with van der Waals surface area (Å²) in [5.74, 6) is 2.71. The van der Waals surface area contributed by atoms with Crippen molar-refractivity contribution < 1.29 is 23.7 Å². The minimum atomic E-state index is -0.0860. The topological polar surface area (TPSA) is 66.0 Å². The lowest BCUT2D eigenvalue weighted by molar-refractivity contribution is 0.104. The Kier molecular flexibility index (Phi) is 10.9. The van der Waals surface area contributed by atoms with E-state index in [0.717, 1.165) is 57.5 Å². The Morgan fingerprint density at radius 1 is 0.667 bits per heavy atom. The van der Waals surface area contributed by atoms with Crippen LogP contribution in [0.4, 0.5) is 0 Å². The summed E-state index contributed by atoms with van der Waals surface area (Å²) >= 11 is 0. The van der Waals surface area contributed by atoms with E-state index in [1.807, 2.05) is 133 Å². The van der Waals surface area contributed by atoms with E-state index in [2.05, 4.69) is 5.32 Å². The van der Waals surface area contributed by atoms with Gasteiger partial charge in [-0.05, 0) is 108 Å². The maximum absolute atomic E-state index is 14.6. The van der Waals surface area contributed by atoms with Gasteiger partial charge in [-0.15, -0.1) is 0 Å². The summed E-state index contributed by atoms with van der Waals surface area (Å²) in [6.45, 7) is 2.51. The van der Waals surface area contributed by atoms with Gasteiger partial charge in [0, 0.05) is 28.8 Å². The van der Waals surface area contributed by atoms with Gasteiger partial charge in [0.1, 0.15) is 36.2 Å². The average Bonchev–Trinajstić information content (AvgIpc) is 3.20. The fourth-order valence-corrected chi connectivity index (χ4v) is 6.65. The van der Waals surface area contributed by atoms with Crippen LogP contribution >= 0.6 is 0 Å². The van der Waals surface area contributed by atoms with Gasteiger partial charge in [0.15, 0.2) is 5.78 Å². The molecule has 1 fully saturated rings. The first kappa shape index (κ1) is 33.9. The highest BCUT2D eigenvalue weighted by Crippen LogP contribution is 2.40. The van der Waals surface area contributed by atoms with E-state index in [1.54, 1.807) is 7.11 Å². The molecule has 1 N–H and O–H groups in total. The van der Waals surface area contributed by atoms with Gasteiger partial charge in [-0.1, -0.05) is 79.2 Å². The summed E-state index contributed by atoms with van der Waals surface area (Å²) in [6, 6.07) is 43.8. The number of nitrogens with one attached hydrogen (secondary N) is 1. The lowest BCUT2D eigenvalue weighted by Crippen LogP contribution is -2.35. The highest BCUT2D eigenvalue weighted by Gasteiger charge is 2.22. The van der Waals surface area contributed by atoms with E-state index < -0.39 is 0 Å². The Balaban J connectivity index is 1.22. The minimum Gasteiger partial charge on any atom is -0.497 e. The molecule has 6 aromatic carbocycles. The molecule has 1 saturated heterocycles. The van der Waals surface area contributed by atoms with Gasteiger partial charge in [-0.2, -0.15) is 0 Å². The Labute approximate surface area is 300 Å². The molecule has 7 rings (SSSR count). The maximum Gasteiger partial charge on any atom is 0.194 e. The number of rotatable bonds is 14. The Morgan fingerprint density at radius 2 is 1.35 bits per heavy atom. The first-order chi connectivity index (χ1) is 25.1. The van der Waals surface area contributed by atoms with Crippen LogP contribution < -0.4 is 24.3 Å². The molecule has 0 saturated carbocycles. The van der Waals surface area contributed by atoms with Gasteiger partial charge in [0.05, 0.1) is 13.7 Å².